The Balaban J connectivity index is 1.75. The van der Waals surface area contributed by atoms with Gasteiger partial charge in [-0.15, -0.1) is 0 Å². The molecule has 2 unspecified atom stereocenters. The number of anilines is 1. The Morgan fingerprint density at radius 3 is 1.92 bits per heavy atom. The van der Waals surface area contributed by atoms with E-state index in [0.29, 0.717) is 6.54 Å². The van der Waals surface area contributed by atoms with Gasteiger partial charge in [0.15, 0.2) is 0 Å². The Morgan fingerprint density at radius 2 is 1.38 bits per heavy atom. The Hall–Kier alpha value is -3.00. The molecule has 7 heteroatoms. The maximum atomic E-state index is 11.4. The van der Waals surface area contributed by atoms with Crippen LogP contribution in [0.3, 0.4) is 0 Å². The van der Waals surface area contributed by atoms with Gasteiger partial charge in [0.2, 0.25) is 0 Å². The third-order valence-corrected chi connectivity index (χ3v) is 7.63. The summed E-state index contributed by atoms with van der Waals surface area (Å²) in [6.07, 6.45) is -1.10. The first kappa shape index (κ1) is 25.6. The highest BCUT2D eigenvalue weighted by molar-refractivity contribution is 9.10. The lowest BCUT2D eigenvalue weighted by Gasteiger charge is -2.38. The molecule has 5 nitrogen and oxygen atoms in total. The summed E-state index contributed by atoms with van der Waals surface area (Å²) in [6, 6.07) is 28.6. The minimum absolute atomic E-state index is 0.406. The minimum atomic E-state index is -0.699. The highest BCUT2D eigenvalue weighted by Gasteiger charge is 2.29. The largest absolute Gasteiger partial charge is 0.497 e. The molecule has 0 aliphatic carbocycles. The molecule has 0 aliphatic rings. The molecule has 37 heavy (non-hydrogen) atoms. The summed E-state index contributed by atoms with van der Waals surface area (Å²) < 4.78 is 15.2. The van der Waals surface area contributed by atoms with Crippen molar-refractivity contribution in [2.75, 3.05) is 19.1 Å². The number of halogens is 2. The monoisotopic (exact) mass is 622 g/mol. The van der Waals surface area contributed by atoms with E-state index in [1.54, 1.807) is 14.2 Å². The molecule has 1 aromatic heterocycles. The molecule has 190 valence electrons. The van der Waals surface area contributed by atoms with Crippen LogP contribution in [0.4, 0.5) is 5.69 Å². The van der Waals surface area contributed by atoms with E-state index in [4.69, 9.17) is 9.47 Å². The first-order valence-corrected chi connectivity index (χ1v) is 13.6. The van der Waals surface area contributed by atoms with E-state index < -0.39 is 12.3 Å². The summed E-state index contributed by atoms with van der Waals surface area (Å²) in [6.45, 7) is 2.42. The van der Waals surface area contributed by atoms with Crippen molar-refractivity contribution in [1.82, 2.24) is 4.57 Å². The molecule has 2 atom stereocenters. The third-order valence-electron chi connectivity index (χ3n) is 6.64. The lowest BCUT2D eigenvalue weighted by atomic mass is 10.1. The molecular formula is C30H28Br2N2O3. The highest BCUT2D eigenvalue weighted by Crippen LogP contribution is 2.39. The number of aliphatic hydroxyl groups excluding tert-OH is 1. The van der Waals surface area contributed by atoms with Gasteiger partial charge in [0.1, 0.15) is 17.7 Å². The normalized spacial score (nSPS) is 13.0. The molecule has 0 fully saturated rings. The van der Waals surface area contributed by atoms with Gasteiger partial charge in [-0.3, -0.25) is 0 Å². The van der Waals surface area contributed by atoms with E-state index in [0.717, 1.165) is 53.5 Å². The molecule has 0 saturated carbocycles. The summed E-state index contributed by atoms with van der Waals surface area (Å²) in [7, 11) is 3.34. The summed E-state index contributed by atoms with van der Waals surface area (Å²) in [5.41, 5.74) is 4.14. The van der Waals surface area contributed by atoms with Gasteiger partial charge in [0, 0.05) is 38.0 Å². The van der Waals surface area contributed by atoms with Crippen LogP contribution in [-0.2, 0) is 6.54 Å². The number of aliphatic hydroxyl groups is 1. The van der Waals surface area contributed by atoms with E-state index in [2.05, 4.69) is 83.8 Å². The molecule has 0 radical (unpaired) electrons. The second-order valence-corrected chi connectivity index (χ2v) is 10.9. The smallest absolute Gasteiger partial charge is 0.133 e. The van der Waals surface area contributed by atoms with Crippen LogP contribution in [0.2, 0.25) is 0 Å². The molecule has 0 spiro atoms. The zero-order valence-corrected chi connectivity index (χ0v) is 24.0. The Bertz CT molecular complexity index is 1490. The second kappa shape index (κ2) is 10.8. The fourth-order valence-corrected chi connectivity index (χ4v) is 5.67. The van der Waals surface area contributed by atoms with E-state index in [1.807, 2.05) is 49.4 Å². The summed E-state index contributed by atoms with van der Waals surface area (Å²) >= 11 is 7.29. The predicted octanol–water partition coefficient (Wildman–Crippen LogP) is 7.92. The van der Waals surface area contributed by atoms with Gasteiger partial charge < -0.3 is 24.0 Å². The van der Waals surface area contributed by atoms with Gasteiger partial charge in [0.25, 0.3) is 0 Å². The van der Waals surface area contributed by atoms with Gasteiger partial charge in [-0.05, 0) is 73.2 Å². The molecule has 4 aromatic carbocycles. The average molecular weight is 624 g/mol. The van der Waals surface area contributed by atoms with Crippen LogP contribution in [0.15, 0.2) is 93.9 Å². The third kappa shape index (κ3) is 5.08. The number of ether oxygens (including phenoxy) is 2. The van der Waals surface area contributed by atoms with Crippen molar-refractivity contribution < 1.29 is 14.6 Å². The molecule has 5 aromatic rings. The molecular weight excluding hydrogens is 596 g/mol. The number of hydrogen-bond donors (Lipinski definition) is 1. The van der Waals surface area contributed by atoms with Gasteiger partial charge in [0.05, 0.1) is 31.4 Å². The zero-order chi connectivity index (χ0) is 26.1. The van der Waals surface area contributed by atoms with E-state index in [9.17, 15) is 5.11 Å². The first-order chi connectivity index (χ1) is 17.9. The molecule has 0 amide bonds. The Kier molecular flexibility index (Phi) is 7.47. The van der Waals surface area contributed by atoms with Crippen LogP contribution in [0.25, 0.3) is 21.8 Å². The van der Waals surface area contributed by atoms with Crippen molar-refractivity contribution in [3.63, 3.8) is 0 Å². The molecule has 1 N–H and O–H groups in total. The summed E-state index contributed by atoms with van der Waals surface area (Å²) in [4.78, 5) is 2.23. The number of benzene rings is 4. The Morgan fingerprint density at radius 1 is 0.784 bits per heavy atom. The van der Waals surface area contributed by atoms with Crippen molar-refractivity contribution in [1.29, 1.82) is 0 Å². The van der Waals surface area contributed by atoms with E-state index >= 15 is 0 Å². The van der Waals surface area contributed by atoms with Crippen LogP contribution < -0.4 is 14.4 Å². The van der Waals surface area contributed by atoms with Gasteiger partial charge in [-0.25, -0.2) is 0 Å². The number of hydrogen-bond acceptors (Lipinski definition) is 4. The van der Waals surface area contributed by atoms with Crippen molar-refractivity contribution >= 4 is 59.4 Å². The average Bonchev–Trinajstić information content (AvgIpc) is 3.21. The van der Waals surface area contributed by atoms with Crippen LogP contribution >= 0.6 is 31.9 Å². The maximum absolute atomic E-state index is 11.4. The second-order valence-electron chi connectivity index (χ2n) is 9.02. The van der Waals surface area contributed by atoms with Crippen LogP contribution in [0, 0.1) is 0 Å². The van der Waals surface area contributed by atoms with Crippen LogP contribution in [-0.4, -0.2) is 30.0 Å². The SMILES string of the molecule is COc1ccc(CN(c2cccc(OC)c2)C(C(C)O)n2c3ccc(Br)cc3c3cc(Br)ccc32)cc1. The molecule has 5 rings (SSSR count). The summed E-state index contributed by atoms with van der Waals surface area (Å²) in [5.74, 6) is 1.57. The highest BCUT2D eigenvalue weighted by atomic mass is 79.9. The first-order valence-electron chi connectivity index (χ1n) is 12.0. The fraction of sp³-hybridized carbons (Fsp3) is 0.200. The number of nitrogens with zero attached hydrogens (tertiary/aromatic N) is 2. The zero-order valence-electron chi connectivity index (χ0n) is 20.9. The van der Waals surface area contributed by atoms with Crippen molar-refractivity contribution in [2.24, 2.45) is 0 Å². The van der Waals surface area contributed by atoms with Gasteiger partial charge in [-0.1, -0.05) is 50.1 Å². The molecule has 0 aliphatic heterocycles. The van der Waals surface area contributed by atoms with Gasteiger partial charge in [-0.2, -0.15) is 0 Å². The van der Waals surface area contributed by atoms with Crippen molar-refractivity contribution in [2.45, 2.75) is 25.7 Å². The lowest BCUT2D eigenvalue weighted by molar-refractivity contribution is 0.130. The number of aromatic nitrogens is 1. The number of rotatable bonds is 8. The van der Waals surface area contributed by atoms with Crippen molar-refractivity contribution in [3.05, 3.63) is 99.4 Å². The molecule has 1 heterocycles. The number of methoxy groups -OCH3 is 2. The van der Waals surface area contributed by atoms with Crippen LogP contribution in [0.1, 0.15) is 18.7 Å². The van der Waals surface area contributed by atoms with Crippen molar-refractivity contribution in [3.8, 4) is 11.5 Å². The predicted molar refractivity (Wildman–Crippen MR) is 158 cm³/mol. The number of fused-ring (bicyclic) bond motifs is 3. The Labute approximate surface area is 233 Å². The minimum Gasteiger partial charge on any atom is -0.497 e. The molecule has 0 saturated heterocycles. The van der Waals surface area contributed by atoms with Gasteiger partial charge >= 0.3 is 0 Å². The fourth-order valence-electron chi connectivity index (χ4n) is 4.95. The van der Waals surface area contributed by atoms with Crippen LogP contribution in [0.5, 0.6) is 11.5 Å². The lowest BCUT2D eigenvalue weighted by Crippen LogP contribution is -2.39. The van der Waals surface area contributed by atoms with E-state index in [1.165, 1.54) is 0 Å². The summed E-state index contributed by atoms with van der Waals surface area (Å²) in [5, 5.41) is 13.6. The topological polar surface area (TPSA) is 46.9 Å². The standard InChI is InChI=1S/C30H28Br2N2O3/c1-19(35)30(34-28-13-9-21(31)15-26(28)27-16-22(32)10-14-29(27)34)33(23-5-4-6-25(17-23)37-3)18-20-7-11-24(36-2)12-8-20/h4-17,19,30,35H,18H2,1-3H3. The molecule has 0 bridgehead atoms. The quantitative estimate of drug-likeness (QED) is 0.191. The maximum Gasteiger partial charge on any atom is 0.133 e. The van der Waals surface area contributed by atoms with E-state index in [-0.39, 0.29) is 0 Å².